The molecule has 0 atom stereocenters. The number of guanidine groups is 1. The first-order valence-corrected chi connectivity index (χ1v) is 9.09. The number of rotatable bonds is 5. The van der Waals surface area contributed by atoms with E-state index in [1.54, 1.807) is 0 Å². The predicted octanol–water partition coefficient (Wildman–Crippen LogP) is -0.245. The Kier molecular flexibility index (Phi) is 7.35. The second-order valence-corrected chi connectivity index (χ2v) is 6.93. The second-order valence-electron chi connectivity index (χ2n) is 6.58. The molecular weight excluding hydrogens is 388 g/mol. The largest absolute Gasteiger partial charge is 0.468 e. The molecule has 1 aromatic heterocycles. The number of methoxy groups -OCH3 is 1. The van der Waals surface area contributed by atoms with Crippen molar-refractivity contribution in [2.75, 3.05) is 32.2 Å². The minimum atomic E-state index is -0.761. The number of hydrogen-bond donors (Lipinski definition) is 4. The number of amides is 1. The van der Waals surface area contributed by atoms with Crippen molar-refractivity contribution in [3.63, 3.8) is 0 Å². The number of nitrogens with two attached hydrogens (primary N) is 3. The molecule has 154 valence electrons. The van der Waals surface area contributed by atoms with Crippen LogP contribution in [0.5, 0.6) is 0 Å². The monoisotopic (exact) mass is 412 g/mol. The average molecular weight is 413 g/mol. The van der Waals surface area contributed by atoms with Gasteiger partial charge >= 0.3 is 11.9 Å². The molecule has 28 heavy (non-hydrogen) atoms. The molecule has 1 aliphatic carbocycles. The van der Waals surface area contributed by atoms with Crippen molar-refractivity contribution < 1.29 is 14.3 Å². The highest BCUT2D eigenvalue weighted by Gasteiger charge is 2.25. The summed E-state index contributed by atoms with van der Waals surface area (Å²) in [6, 6.07) is 0.349. The van der Waals surface area contributed by atoms with Gasteiger partial charge < -0.3 is 27.3 Å². The van der Waals surface area contributed by atoms with E-state index in [1.807, 2.05) is 11.9 Å². The molecule has 0 radical (unpaired) electrons. The van der Waals surface area contributed by atoms with Crippen LogP contribution in [0.25, 0.3) is 0 Å². The highest BCUT2D eigenvalue weighted by atomic mass is 35.5. The highest BCUT2D eigenvalue weighted by molar-refractivity contribution is 6.31. The lowest BCUT2D eigenvalue weighted by Crippen LogP contribution is -2.46. The van der Waals surface area contributed by atoms with Crippen molar-refractivity contribution in [3.8, 4) is 0 Å². The van der Waals surface area contributed by atoms with Gasteiger partial charge in [0, 0.05) is 12.1 Å². The summed E-state index contributed by atoms with van der Waals surface area (Å²) in [5.74, 6) is -1.30. The average Bonchev–Trinajstić information content (AvgIpc) is 2.64. The van der Waals surface area contributed by atoms with E-state index in [4.69, 9.17) is 33.5 Å². The van der Waals surface area contributed by atoms with Crippen LogP contribution in [0.4, 0.5) is 11.6 Å². The Bertz CT molecular complexity index is 765. The van der Waals surface area contributed by atoms with Crippen molar-refractivity contribution in [1.29, 1.82) is 0 Å². The molecule has 0 saturated heterocycles. The molecule has 1 aliphatic rings. The maximum atomic E-state index is 12.2. The quantitative estimate of drug-likeness (QED) is 0.286. The summed E-state index contributed by atoms with van der Waals surface area (Å²) in [5.41, 5.74) is 16.7. The van der Waals surface area contributed by atoms with Gasteiger partial charge in [-0.1, -0.05) is 11.6 Å². The zero-order chi connectivity index (χ0) is 20.8. The van der Waals surface area contributed by atoms with E-state index < -0.39 is 5.91 Å². The van der Waals surface area contributed by atoms with Gasteiger partial charge in [0.15, 0.2) is 28.4 Å². The van der Waals surface area contributed by atoms with E-state index in [-0.39, 0.29) is 53.0 Å². The molecule has 7 N–H and O–H groups in total. The third-order valence-corrected chi connectivity index (χ3v) is 4.89. The number of halogens is 1. The molecule has 1 aromatic rings. The fraction of sp³-hybridized carbons (Fsp3) is 0.562. The minimum Gasteiger partial charge on any atom is -0.468 e. The van der Waals surface area contributed by atoms with E-state index in [0.717, 1.165) is 25.7 Å². The summed E-state index contributed by atoms with van der Waals surface area (Å²) in [7, 11) is 3.27. The Labute approximate surface area is 167 Å². The first-order valence-electron chi connectivity index (χ1n) is 8.71. The first kappa shape index (κ1) is 21.6. The van der Waals surface area contributed by atoms with Crippen molar-refractivity contribution in [3.05, 3.63) is 10.8 Å². The van der Waals surface area contributed by atoms with Crippen molar-refractivity contribution in [2.24, 2.45) is 10.7 Å². The summed E-state index contributed by atoms with van der Waals surface area (Å²) in [6.45, 7) is 0.254. The molecule has 1 saturated carbocycles. The molecule has 11 nitrogen and oxygen atoms in total. The molecule has 2 rings (SSSR count). The molecule has 12 heteroatoms. The van der Waals surface area contributed by atoms with Crippen LogP contribution < -0.4 is 22.5 Å². The number of anilines is 2. The summed E-state index contributed by atoms with van der Waals surface area (Å²) < 4.78 is 4.69. The molecule has 0 unspecified atom stereocenters. The number of hydrogen-bond acceptors (Lipinski definition) is 8. The predicted molar refractivity (Wildman–Crippen MR) is 106 cm³/mol. The Hall–Kier alpha value is -2.66. The first-order chi connectivity index (χ1) is 13.2. The van der Waals surface area contributed by atoms with Crippen molar-refractivity contribution in [1.82, 2.24) is 20.2 Å². The van der Waals surface area contributed by atoms with Crippen molar-refractivity contribution in [2.45, 2.75) is 37.8 Å². The molecular formula is C16H25ClN8O3. The zero-order valence-electron chi connectivity index (χ0n) is 15.8. The lowest BCUT2D eigenvalue weighted by atomic mass is 9.90. The zero-order valence-corrected chi connectivity index (χ0v) is 16.6. The van der Waals surface area contributed by atoms with Crippen LogP contribution in [0.2, 0.25) is 5.15 Å². The maximum absolute atomic E-state index is 12.2. The fourth-order valence-electron chi connectivity index (χ4n) is 3.06. The normalized spacial score (nSPS) is 20.1. The number of aliphatic imine (C=N–C) groups is 1. The number of carbonyl (C=O) groups is 2. The maximum Gasteiger partial charge on any atom is 0.319 e. The van der Waals surface area contributed by atoms with Gasteiger partial charge in [0.05, 0.1) is 13.7 Å². The number of likely N-dealkylation sites (N-methyl/N-ethyl adjacent to an activating group) is 1. The van der Waals surface area contributed by atoms with Crippen LogP contribution in [0.1, 0.15) is 36.2 Å². The Morgan fingerprint density at radius 3 is 2.50 bits per heavy atom. The Balaban J connectivity index is 1.90. The lowest BCUT2D eigenvalue weighted by molar-refractivity contribution is -0.142. The summed E-state index contributed by atoms with van der Waals surface area (Å²) in [4.78, 5) is 36.9. The molecule has 1 amide bonds. The molecule has 0 aliphatic heterocycles. The standard InChI is InChI=1S/C16H25ClN8O3/c1-25(7-10(26)28-2)9-5-3-8(4-6-9)21-16(20)24-15(27)11-13(18)23-14(19)12(17)22-11/h8-9H,3-7H2,1-2H3,(H4,18,19,23)(H3,20,21,24,27). The number of aromatic nitrogens is 2. The highest BCUT2D eigenvalue weighted by Crippen LogP contribution is 2.22. The fourth-order valence-corrected chi connectivity index (χ4v) is 3.19. The molecule has 0 spiro atoms. The molecule has 0 bridgehead atoms. The van der Waals surface area contributed by atoms with Crippen LogP contribution in [0, 0.1) is 0 Å². The van der Waals surface area contributed by atoms with Crippen LogP contribution >= 0.6 is 11.6 Å². The SMILES string of the molecule is COC(=O)CN(C)C1CCC(N/C(N)=N/C(=O)c2nc(Cl)c(N)nc2N)CC1. The van der Waals surface area contributed by atoms with E-state index in [9.17, 15) is 9.59 Å². The van der Waals surface area contributed by atoms with Gasteiger partial charge in [0.1, 0.15) is 0 Å². The summed E-state index contributed by atoms with van der Waals surface area (Å²) >= 11 is 5.77. The second kappa shape index (κ2) is 9.51. The van der Waals surface area contributed by atoms with Gasteiger partial charge in [-0.05, 0) is 32.7 Å². The van der Waals surface area contributed by atoms with Crippen LogP contribution in [0.3, 0.4) is 0 Å². The van der Waals surface area contributed by atoms with Gasteiger partial charge in [-0.3, -0.25) is 14.5 Å². The minimum absolute atomic E-state index is 0.0366. The Morgan fingerprint density at radius 2 is 1.89 bits per heavy atom. The van der Waals surface area contributed by atoms with Crippen LogP contribution in [0.15, 0.2) is 4.99 Å². The number of nitrogens with one attached hydrogen (secondary N) is 1. The molecule has 1 heterocycles. The van der Waals surface area contributed by atoms with Gasteiger partial charge in [-0.25, -0.2) is 9.97 Å². The van der Waals surface area contributed by atoms with Crippen LogP contribution in [-0.2, 0) is 9.53 Å². The van der Waals surface area contributed by atoms with Gasteiger partial charge in [0.2, 0.25) is 0 Å². The van der Waals surface area contributed by atoms with E-state index in [1.165, 1.54) is 7.11 Å². The van der Waals surface area contributed by atoms with Gasteiger partial charge in [-0.2, -0.15) is 4.99 Å². The van der Waals surface area contributed by atoms with E-state index >= 15 is 0 Å². The van der Waals surface area contributed by atoms with Crippen LogP contribution in [-0.4, -0.2) is 65.5 Å². The number of nitrogens with zero attached hydrogens (tertiary/aromatic N) is 4. The van der Waals surface area contributed by atoms with Gasteiger partial charge in [0.25, 0.3) is 0 Å². The summed E-state index contributed by atoms with van der Waals surface area (Å²) in [6.07, 6.45) is 3.38. The Morgan fingerprint density at radius 1 is 1.25 bits per heavy atom. The number of ether oxygens (including phenoxy) is 1. The van der Waals surface area contributed by atoms with E-state index in [0.29, 0.717) is 0 Å². The van der Waals surface area contributed by atoms with Gasteiger partial charge in [-0.15, -0.1) is 0 Å². The molecule has 1 fully saturated rings. The summed E-state index contributed by atoms with van der Waals surface area (Å²) in [5, 5.41) is 2.90. The number of nitrogen functional groups attached to an aromatic ring is 2. The van der Waals surface area contributed by atoms with Crippen molar-refractivity contribution >= 4 is 41.1 Å². The third kappa shape index (κ3) is 5.67. The smallest absolute Gasteiger partial charge is 0.319 e. The number of carbonyl (C=O) groups excluding carboxylic acids is 2. The van der Waals surface area contributed by atoms with E-state index in [2.05, 4.69) is 20.3 Å². The molecule has 0 aromatic carbocycles. The topological polar surface area (TPSA) is 175 Å². The number of esters is 1. The lowest BCUT2D eigenvalue weighted by Gasteiger charge is -2.34. The third-order valence-electron chi connectivity index (χ3n) is 4.61.